The highest BCUT2D eigenvalue weighted by molar-refractivity contribution is 5.76. The lowest BCUT2D eigenvalue weighted by molar-refractivity contribution is -0.122. The fourth-order valence-electron chi connectivity index (χ4n) is 2.77. The Morgan fingerprint density at radius 1 is 1.28 bits per heavy atom. The molecule has 0 radical (unpaired) electrons. The van der Waals surface area contributed by atoms with Crippen LogP contribution in [0.3, 0.4) is 0 Å². The van der Waals surface area contributed by atoms with Crippen LogP contribution in [-0.4, -0.2) is 5.91 Å². The molecular weight excluding hydrogens is 222 g/mol. The molecule has 0 spiro atoms. The topological polar surface area (TPSA) is 29.1 Å². The van der Waals surface area contributed by atoms with Gasteiger partial charge >= 0.3 is 0 Å². The van der Waals surface area contributed by atoms with Crippen molar-refractivity contribution >= 4 is 5.91 Å². The van der Waals surface area contributed by atoms with Crippen molar-refractivity contribution in [2.45, 2.75) is 51.5 Å². The third-order valence-electron chi connectivity index (χ3n) is 3.93. The zero-order chi connectivity index (χ0) is 12.8. The Bertz CT molecular complexity index is 368. The molecule has 1 aromatic carbocycles. The van der Waals surface area contributed by atoms with Gasteiger partial charge in [0.15, 0.2) is 0 Å². The molecule has 1 amide bonds. The Labute approximate surface area is 110 Å². The molecule has 1 fully saturated rings. The Morgan fingerprint density at radius 2 is 1.94 bits per heavy atom. The monoisotopic (exact) mass is 245 g/mol. The van der Waals surface area contributed by atoms with Gasteiger partial charge < -0.3 is 5.32 Å². The van der Waals surface area contributed by atoms with Gasteiger partial charge in [-0.3, -0.25) is 4.79 Å². The maximum atomic E-state index is 11.9. The number of rotatable bonds is 5. The summed E-state index contributed by atoms with van der Waals surface area (Å²) >= 11 is 0. The van der Waals surface area contributed by atoms with E-state index in [9.17, 15) is 4.79 Å². The average Bonchev–Trinajstić information content (AvgIpc) is 2.90. The Hall–Kier alpha value is -1.31. The molecule has 1 aromatic rings. The number of hydrogen-bond donors (Lipinski definition) is 1. The maximum Gasteiger partial charge on any atom is 0.220 e. The summed E-state index contributed by atoms with van der Waals surface area (Å²) in [7, 11) is 0. The maximum absolute atomic E-state index is 11.9. The molecule has 1 aliphatic rings. The second-order valence-corrected chi connectivity index (χ2v) is 5.39. The van der Waals surface area contributed by atoms with Crippen LogP contribution in [0.2, 0.25) is 0 Å². The van der Waals surface area contributed by atoms with Crippen LogP contribution in [0.1, 0.15) is 57.1 Å². The number of amides is 1. The van der Waals surface area contributed by atoms with Crippen LogP contribution in [0.5, 0.6) is 0 Å². The van der Waals surface area contributed by atoms with Crippen molar-refractivity contribution in [2.24, 2.45) is 5.92 Å². The molecule has 0 aromatic heterocycles. The molecule has 1 saturated carbocycles. The van der Waals surface area contributed by atoms with Crippen molar-refractivity contribution in [3.05, 3.63) is 35.9 Å². The van der Waals surface area contributed by atoms with Crippen LogP contribution in [0.25, 0.3) is 0 Å². The summed E-state index contributed by atoms with van der Waals surface area (Å²) in [6, 6.07) is 10.2. The minimum Gasteiger partial charge on any atom is -0.350 e. The van der Waals surface area contributed by atoms with Crippen LogP contribution in [0.4, 0.5) is 0 Å². The molecule has 2 heteroatoms. The van der Waals surface area contributed by atoms with Gasteiger partial charge in [0.1, 0.15) is 0 Å². The largest absolute Gasteiger partial charge is 0.350 e. The fraction of sp³-hybridized carbons (Fsp3) is 0.562. The van der Waals surface area contributed by atoms with Crippen molar-refractivity contribution in [1.29, 1.82) is 0 Å². The molecule has 1 N–H and O–H groups in total. The predicted molar refractivity (Wildman–Crippen MR) is 74.2 cm³/mol. The summed E-state index contributed by atoms with van der Waals surface area (Å²) in [6.45, 7) is 2.04. The summed E-state index contributed by atoms with van der Waals surface area (Å²) in [6.07, 6.45) is 7.09. The van der Waals surface area contributed by atoms with Gasteiger partial charge in [-0.2, -0.15) is 0 Å². The molecule has 1 aliphatic carbocycles. The lowest BCUT2D eigenvalue weighted by Crippen LogP contribution is -2.26. The summed E-state index contributed by atoms with van der Waals surface area (Å²) in [4.78, 5) is 11.9. The minimum atomic E-state index is 0.113. The molecule has 0 saturated heterocycles. The van der Waals surface area contributed by atoms with Crippen LogP contribution >= 0.6 is 0 Å². The molecule has 0 bridgehead atoms. The predicted octanol–water partition coefficient (Wildman–Crippen LogP) is 3.83. The zero-order valence-electron chi connectivity index (χ0n) is 11.2. The summed E-state index contributed by atoms with van der Waals surface area (Å²) in [5.41, 5.74) is 1.17. The fourth-order valence-corrected chi connectivity index (χ4v) is 2.77. The van der Waals surface area contributed by atoms with E-state index < -0.39 is 0 Å². The van der Waals surface area contributed by atoms with E-state index in [0.717, 1.165) is 12.3 Å². The van der Waals surface area contributed by atoms with Crippen LogP contribution < -0.4 is 5.32 Å². The van der Waals surface area contributed by atoms with E-state index in [1.54, 1.807) is 0 Å². The quantitative estimate of drug-likeness (QED) is 0.839. The van der Waals surface area contributed by atoms with Gasteiger partial charge in [0.2, 0.25) is 5.91 Å². The second-order valence-electron chi connectivity index (χ2n) is 5.39. The Morgan fingerprint density at radius 3 is 2.61 bits per heavy atom. The first-order valence-electron chi connectivity index (χ1n) is 7.10. The van der Waals surface area contributed by atoms with Gasteiger partial charge in [-0.05, 0) is 24.8 Å². The van der Waals surface area contributed by atoms with Crippen LogP contribution in [-0.2, 0) is 4.79 Å². The number of nitrogens with one attached hydrogen (secondary N) is 1. The van der Waals surface area contributed by atoms with E-state index in [-0.39, 0.29) is 11.9 Å². The molecular formula is C16H23NO. The highest BCUT2D eigenvalue weighted by Gasteiger charge is 2.16. The van der Waals surface area contributed by atoms with Gasteiger partial charge in [-0.1, -0.05) is 56.0 Å². The number of carbonyl (C=O) groups is 1. The molecule has 1 unspecified atom stereocenters. The van der Waals surface area contributed by atoms with Gasteiger partial charge in [0.05, 0.1) is 6.04 Å². The summed E-state index contributed by atoms with van der Waals surface area (Å²) < 4.78 is 0. The van der Waals surface area contributed by atoms with E-state index in [2.05, 4.69) is 17.4 Å². The normalized spacial score (nSPS) is 17.6. The highest BCUT2D eigenvalue weighted by atomic mass is 16.1. The number of benzene rings is 1. The molecule has 1 atom stereocenters. The van der Waals surface area contributed by atoms with Crippen LogP contribution in [0, 0.1) is 5.92 Å². The van der Waals surface area contributed by atoms with E-state index in [1.807, 2.05) is 25.1 Å². The lowest BCUT2D eigenvalue weighted by Gasteiger charge is -2.15. The molecule has 98 valence electrons. The molecule has 0 aliphatic heterocycles. The van der Waals surface area contributed by atoms with Gasteiger partial charge in [0, 0.05) is 6.42 Å². The third kappa shape index (κ3) is 3.86. The minimum absolute atomic E-state index is 0.113. The first-order chi connectivity index (χ1) is 8.75. The van der Waals surface area contributed by atoms with Crippen molar-refractivity contribution < 1.29 is 4.79 Å². The summed E-state index contributed by atoms with van der Waals surface area (Å²) in [5, 5.41) is 3.08. The second kappa shape index (κ2) is 6.58. The Kier molecular flexibility index (Phi) is 4.80. The highest BCUT2D eigenvalue weighted by Crippen LogP contribution is 2.28. The summed E-state index contributed by atoms with van der Waals surface area (Å²) in [5.74, 6) is 0.987. The third-order valence-corrected chi connectivity index (χ3v) is 3.93. The molecule has 18 heavy (non-hydrogen) atoms. The molecule has 2 nitrogen and oxygen atoms in total. The average molecular weight is 245 g/mol. The van der Waals surface area contributed by atoms with Crippen molar-refractivity contribution in [2.75, 3.05) is 0 Å². The Balaban J connectivity index is 1.73. The first kappa shape index (κ1) is 13.1. The SMILES string of the molecule is CC(NC(=O)CCC1CCCC1)c1ccccc1. The smallest absolute Gasteiger partial charge is 0.220 e. The van der Waals surface area contributed by atoms with Gasteiger partial charge in [-0.25, -0.2) is 0 Å². The van der Waals surface area contributed by atoms with E-state index in [4.69, 9.17) is 0 Å². The number of carbonyl (C=O) groups excluding carboxylic acids is 1. The van der Waals surface area contributed by atoms with Crippen LogP contribution in [0.15, 0.2) is 30.3 Å². The molecule has 2 rings (SSSR count). The van der Waals surface area contributed by atoms with Gasteiger partial charge in [0.25, 0.3) is 0 Å². The standard InChI is InChI=1S/C16H23NO/c1-13(15-9-3-2-4-10-15)17-16(18)12-11-14-7-5-6-8-14/h2-4,9-10,13-14H,5-8,11-12H2,1H3,(H,17,18). The van der Waals surface area contributed by atoms with Gasteiger partial charge in [-0.15, -0.1) is 0 Å². The van der Waals surface area contributed by atoms with Crippen molar-refractivity contribution in [3.8, 4) is 0 Å². The zero-order valence-corrected chi connectivity index (χ0v) is 11.2. The number of hydrogen-bond acceptors (Lipinski definition) is 1. The van der Waals surface area contributed by atoms with E-state index >= 15 is 0 Å². The van der Waals surface area contributed by atoms with Crippen molar-refractivity contribution in [1.82, 2.24) is 5.32 Å². The molecule has 0 heterocycles. The lowest BCUT2D eigenvalue weighted by atomic mass is 10.0. The van der Waals surface area contributed by atoms with E-state index in [0.29, 0.717) is 6.42 Å². The first-order valence-corrected chi connectivity index (χ1v) is 7.10. The van der Waals surface area contributed by atoms with E-state index in [1.165, 1.54) is 31.2 Å². The van der Waals surface area contributed by atoms with Crippen molar-refractivity contribution in [3.63, 3.8) is 0 Å².